The molecule has 0 saturated heterocycles. The van der Waals surface area contributed by atoms with Crippen LogP contribution in [0.2, 0.25) is 0 Å². The molecule has 1 aromatic carbocycles. The van der Waals surface area contributed by atoms with Gasteiger partial charge < -0.3 is 4.90 Å². The van der Waals surface area contributed by atoms with Crippen molar-refractivity contribution in [2.45, 2.75) is 27.3 Å². The molecule has 0 N–H and O–H groups in total. The Kier molecular flexibility index (Phi) is 5.49. The topological polar surface area (TPSA) is 32.7 Å². The van der Waals surface area contributed by atoms with Crippen molar-refractivity contribution >= 4 is 24.4 Å². The summed E-state index contributed by atoms with van der Waals surface area (Å²) in [6.45, 7) is 9.97. The summed E-state index contributed by atoms with van der Waals surface area (Å²) in [5, 5.41) is 0. The number of hydrogen-bond donors (Lipinski definition) is 0. The van der Waals surface area contributed by atoms with Crippen molar-refractivity contribution in [1.82, 2.24) is 4.90 Å². The van der Waals surface area contributed by atoms with Gasteiger partial charge in [-0.15, -0.1) is 0 Å². The quantitative estimate of drug-likeness (QED) is 0.742. The minimum absolute atomic E-state index is 0.0223. The molecule has 102 valence electrons. The molecule has 3 nitrogen and oxygen atoms in total. The summed E-state index contributed by atoms with van der Waals surface area (Å²) in [7, 11) is 1.83. The molecule has 1 rings (SSSR count). The molecule has 0 aliphatic heterocycles. The van der Waals surface area contributed by atoms with Crippen LogP contribution in [0.3, 0.4) is 0 Å². The lowest BCUT2D eigenvalue weighted by Crippen LogP contribution is -2.29. The summed E-state index contributed by atoms with van der Waals surface area (Å²) < 4.78 is 0. The van der Waals surface area contributed by atoms with Crippen molar-refractivity contribution in [2.24, 2.45) is 10.9 Å². The Morgan fingerprint density at radius 2 is 2.16 bits per heavy atom. The number of aliphatic imine (C=N–C) groups is 1. The number of allylic oxidation sites excluding steroid dienone is 1. The van der Waals surface area contributed by atoms with Crippen LogP contribution in [0.1, 0.15) is 31.9 Å². The highest BCUT2D eigenvalue weighted by Gasteiger charge is 2.13. The first kappa shape index (κ1) is 15.2. The predicted molar refractivity (Wildman–Crippen MR) is 81.7 cm³/mol. The number of hydrogen-bond acceptors (Lipinski definition) is 2. The monoisotopic (exact) mass is 258 g/mol. The van der Waals surface area contributed by atoms with Crippen molar-refractivity contribution in [3.05, 3.63) is 35.4 Å². The summed E-state index contributed by atoms with van der Waals surface area (Å²) in [5.74, 6) is 0.174. The van der Waals surface area contributed by atoms with Gasteiger partial charge >= 0.3 is 0 Å². The standard InChI is InChI=1S/C16H22N2O/c1-6-7-14-10-13(8-9-15(14)17-4)11-18(5)16(19)12(2)3/h6-10,12H,4,11H2,1-3,5H3/b7-6-. The number of nitrogens with zero attached hydrogens (tertiary/aromatic N) is 2. The van der Waals surface area contributed by atoms with Gasteiger partial charge in [0.25, 0.3) is 0 Å². The van der Waals surface area contributed by atoms with Gasteiger partial charge in [0.15, 0.2) is 0 Å². The van der Waals surface area contributed by atoms with Crippen molar-refractivity contribution in [1.29, 1.82) is 0 Å². The molecule has 1 aromatic rings. The summed E-state index contributed by atoms with van der Waals surface area (Å²) in [6, 6.07) is 5.97. The van der Waals surface area contributed by atoms with Crippen LogP contribution in [0, 0.1) is 5.92 Å². The van der Waals surface area contributed by atoms with E-state index in [9.17, 15) is 4.79 Å². The van der Waals surface area contributed by atoms with E-state index in [1.165, 1.54) is 0 Å². The third kappa shape index (κ3) is 4.05. The van der Waals surface area contributed by atoms with Crippen molar-refractivity contribution in [2.75, 3.05) is 7.05 Å². The highest BCUT2D eigenvalue weighted by atomic mass is 16.2. The van der Waals surface area contributed by atoms with Crippen LogP contribution < -0.4 is 0 Å². The maximum atomic E-state index is 11.9. The minimum atomic E-state index is 0.0223. The number of rotatable bonds is 5. The van der Waals surface area contributed by atoms with Gasteiger partial charge in [0, 0.05) is 25.1 Å². The smallest absolute Gasteiger partial charge is 0.225 e. The third-order valence-electron chi connectivity index (χ3n) is 2.90. The van der Waals surface area contributed by atoms with Crippen LogP contribution in [0.5, 0.6) is 0 Å². The van der Waals surface area contributed by atoms with Gasteiger partial charge in [-0.05, 0) is 31.3 Å². The van der Waals surface area contributed by atoms with Crippen molar-refractivity contribution < 1.29 is 4.79 Å². The normalized spacial score (nSPS) is 11.0. The Hall–Kier alpha value is -1.90. The van der Waals surface area contributed by atoms with Gasteiger partial charge in [-0.25, -0.2) is 0 Å². The average molecular weight is 258 g/mol. The molecule has 0 saturated carbocycles. The van der Waals surface area contributed by atoms with E-state index in [4.69, 9.17) is 0 Å². The summed E-state index contributed by atoms with van der Waals surface area (Å²) in [6.07, 6.45) is 3.97. The Labute approximate surface area is 115 Å². The van der Waals surface area contributed by atoms with Gasteiger partial charge in [-0.1, -0.05) is 32.1 Å². The molecule has 0 heterocycles. The Bertz CT molecular complexity index is 490. The SMILES string of the molecule is C=Nc1ccc(CN(C)C(=O)C(C)C)cc1/C=C\C. The number of carbonyl (C=O) groups excluding carboxylic acids is 1. The van der Waals surface area contributed by atoms with E-state index in [1.807, 2.05) is 58.2 Å². The Morgan fingerprint density at radius 3 is 2.68 bits per heavy atom. The fourth-order valence-electron chi connectivity index (χ4n) is 1.95. The molecule has 19 heavy (non-hydrogen) atoms. The second kappa shape index (κ2) is 6.88. The van der Waals surface area contributed by atoms with Gasteiger partial charge in [0.2, 0.25) is 5.91 Å². The average Bonchev–Trinajstić information content (AvgIpc) is 2.38. The molecular formula is C16H22N2O. The lowest BCUT2D eigenvalue weighted by atomic mass is 10.1. The summed E-state index contributed by atoms with van der Waals surface area (Å²) in [5.41, 5.74) is 2.98. The molecular weight excluding hydrogens is 236 g/mol. The second-order valence-electron chi connectivity index (χ2n) is 4.90. The molecule has 1 amide bonds. The minimum Gasteiger partial charge on any atom is -0.341 e. The second-order valence-corrected chi connectivity index (χ2v) is 4.90. The molecule has 0 aliphatic carbocycles. The lowest BCUT2D eigenvalue weighted by molar-refractivity contribution is -0.133. The molecule has 0 fully saturated rings. The predicted octanol–water partition coefficient (Wildman–Crippen LogP) is 3.67. The van der Waals surface area contributed by atoms with Gasteiger partial charge in [0.05, 0.1) is 5.69 Å². The van der Waals surface area contributed by atoms with E-state index < -0.39 is 0 Å². The molecule has 0 spiro atoms. The van der Waals surface area contributed by atoms with E-state index >= 15 is 0 Å². The first-order valence-electron chi connectivity index (χ1n) is 6.47. The fourth-order valence-corrected chi connectivity index (χ4v) is 1.95. The summed E-state index contributed by atoms with van der Waals surface area (Å²) >= 11 is 0. The van der Waals surface area contributed by atoms with Crippen LogP contribution in [0.25, 0.3) is 6.08 Å². The van der Waals surface area contributed by atoms with Crippen molar-refractivity contribution in [3.8, 4) is 0 Å². The number of carbonyl (C=O) groups is 1. The van der Waals surface area contributed by atoms with Gasteiger partial charge in [0.1, 0.15) is 0 Å². The zero-order valence-corrected chi connectivity index (χ0v) is 12.2. The van der Waals surface area contributed by atoms with E-state index in [-0.39, 0.29) is 11.8 Å². The Morgan fingerprint density at radius 1 is 1.47 bits per heavy atom. The van der Waals surface area contributed by atoms with Crippen LogP contribution in [0.15, 0.2) is 29.3 Å². The van der Waals surface area contributed by atoms with Crippen LogP contribution in [-0.2, 0) is 11.3 Å². The van der Waals surface area contributed by atoms with Crippen LogP contribution in [0.4, 0.5) is 5.69 Å². The maximum Gasteiger partial charge on any atom is 0.225 e. The molecule has 0 radical (unpaired) electrons. The molecule has 0 bridgehead atoms. The first-order chi connectivity index (χ1) is 8.99. The first-order valence-corrected chi connectivity index (χ1v) is 6.47. The van der Waals surface area contributed by atoms with E-state index in [1.54, 1.807) is 4.90 Å². The molecule has 3 heteroatoms. The molecule has 0 aromatic heterocycles. The molecule has 0 atom stereocenters. The lowest BCUT2D eigenvalue weighted by Gasteiger charge is -2.19. The Balaban J connectivity index is 2.94. The van der Waals surface area contributed by atoms with Gasteiger partial charge in [-0.3, -0.25) is 9.79 Å². The van der Waals surface area contributed by atoms with Crippen molar-refractivity contribution in [3.63, 3.8) is 0 Å². The molecule has 0 unspecified atom stereocenters. The molecule has 0 aliphatic rings. The fraction of sp³-hybridized carbons (Fsp3) is 0.375. The maximum absolute atomic E-state index is 11.9. The zero-order chi connectivity index (χ0) is 14.4. The van der Waals surface area contributed by atoms with E-state index in [0.717, 1.165) is 16.8 Å². The summed E-state index contributed by atoms with van der Waals surface area (Å²) in [4.78, 5) is 17.6. The van der Waals surface area contributed by atoms with Crippen LogP contribution in [-0.4, -0.2) is 24.6 Å². The largest absolute Gasteiger partial charge is 0.341 e. The van der Waals surface area contributed by atoms with E-state index in [0.29, 0.717) is 6.54 Å². The zero-order valence-electron chi connectivity index (χ0n) is 12.2. The highest BCUT2D eigenvalue weighted by Crippen LogP contribution is 2.22. The number of amides is 1. The van der Waals surface area contributed by atoms with Gasteiger partial charge in [-0.2, -0.15) is 0 Å². The highest BCUT2D eigenvalue weighted by molar-refractivity contribution is 5.77. The number of benzene rings is 1. The van der Waals surface area contributed by atoms with Crippen LogP contribution >= 0.6 is 0 Å². The third-order valence-corrected chi connectivity index (χ3v) is 2.90. The van der Waals surface area contributed by atoms with E-state index in [2.05, 4.69) is 11.7 Å².